The number of aromatic amines is 1. The summed E-state index contributed by atoms with van der Waals surface area (Å²) in [6, 6.07) is 11.5. The van der Waals surface area contributed by atoms with Gasteiger partial charge in [-0.3, -0.25) is 19.5 Å². The molecule has 0 aliphatic carbocycles. The maximum atomic E-state index is 13.4. The number of H-pyrrole nitrogens is 1. The molecule has 2 atom stereocenters. The van der Waals surface area contributed by atoms with Crippen LogP contribution in [-0.4, -0.2) is 26.5 Å². The van der Waals surface area contributed by atoms with Crippen LogP contribution in [0.1, 0.15) is 62.6 Å². The number of pyridine rings is 1. The monoisotopic (exact) mass is 448 g/mol. The lowest BCUT2D eigenvalue weighted by Crippen LogP contribution is -2.39. The van der Waals surface area contributed by atoms with Gasteiger partial charge in [0.2, 0.25) is 5.91 Å². The van der Waals surface area contributed by atoms with Crippen molar-refractivity contribution in [1.82, 2.24) is 20.1 Å². The Labute approximate surface area is 194 Å². The summed E-state index contributed by atoms with van der Waals surface area (Å²) >= 11 is 0. The largest absolute Gasteiger partial charge is 0.347 e. The van der Waals surface area contributed by atoms with Crippen molar-refractivity contribution in [2.45, 2.75) is 59.5 Å². The molecule has 1 amide bonds. The van der Waals surface area contributed by atoms with E-state index in [2.05, 4.69) is 15.5 Å². The van der Waals surface area contributed by atoms with Crippen molar-refractivity contribution in [1.29, 1.82) is 0 Å². The quantitative estimate of drug-likeness (QED) is 0.511. The van der Waals surface area contributed by atoms with E-state index in [1.54, 1.807) is 18.3 Å². The third kappa shape index (κ3) is 5.86. The lowest BCUT2D eigenvalue weighted by Gasteiger charge is -2.25. The van der Waals surface area contributed by atoms with Crippen LogP contribution < -0.4 is 10.9 Å². The molecular formula is C26H32N4O3. The number of benzene rings is 1. The van der Waals surface area contributed by atoms with Crippen molar-refractivity contribution < 1.29 is 9.59 Å². The van der Waals surface area contributed by atoms with E-state index in [9.17, 15) is 14.4 Å². The Morgan fingerprint density at radius 3 is 2.48 bits per heavy atom. The van der Waals surface area contributed by atoms with Gasteiger partial charge >= 0.3 is 0 Å². The average molecular weight is 449 g/mol. The Hall–Kier alpha value is -3.48. The van der Waals surface area contributed by atoms with Gasteiger partial charge < -0.3 is 9.88 Å². The van der Waals surface area contributed by atoms with Crippen LogP contribution in [-0.2, 0) is 9.59 Å². The summed E-state index contributed by atoms with van der Waals surface area (Å²) in [6.45, 7) is 9.45. The molecule has 1 aromatic carbocycles. The molecule has 0 saturated heterocycles. The van der Waals surface area contributed by atoms with Crippen molar-refractivity contribution >= 4 is 11.7 Å². The van der Waals surface area contributed by atoms with Crippen LogP contribution in [0.2, 0.25) is 0 Å². The zero-order chi connectivity index (χ0) is 24.1. The summed E-state index contributed by atoms with van der Waals surface area (Å²) in [5.74, 6) is -0.0996. The number of aromatic nitrogens is 3. The average Bonchev–Trinajstić information content (AvgIpc) is 3.09. The van der Waals surface area contributed by atoms with Gasteiger partial charge in [-0.2, -0.15) is 5.10 Å². The molecular weight excluding hydrogens is 416 g/mol. The number of hydrogen-bond acceptors (Lipinski definition) is 4. The third-order valence-electron chi connectivity index (χ3n) is 5.70. The molecule has 0 aliphatic heterocycles. The standard InChI is InChI=1S/C26H32N4O3/c1-16(2)13-23(30-12-7-6-11-24(30)32)26(33)27-22(14-17(3)31)20-9-8-10-21(15-20)25-18(4)28-29-19(25)5/h6-12,15-16,22-23H,13-14H2,1-5H3,(H,27,33)(H,28,29)/t22-,23-/m0/s1. The molecule has 3 aromatic rings. The molecule has 7 nitrogen and oxygen atoms in total. The molecule has 0 spiro atoms. The number of Topliss-reactive ketones (excluding diaryl/α,β-unsaturated/α-hetero) is 1. The van der Waals surface area contributed by atoms with Crippen molar-refractivity contribution in [3.05, 3.63) is 76.0 Å². The van der Waals surface area contributed by atoms with E-state index < -0.39 is 12.1 Å². The summed E-state index contributed by atoms with van der Waals surface area (Å²) in [5.41, 5.74) is 4.43. The number of aryl methyl sites for hydroxylation is 2. The first-order valence-electron chi connectivity index (χ1n) is 11.3. The fourth-order valence-corrected chi connectivity index (χ4v) is 4.19. The van der Waals surface area contributed by atoms with Gasteiger partial charge in [-0.05, 0) is 56.4 Å². The topological polar surface area (TPSA) is 96.8 Å². The molecule has 174 valence electrons. The van der Waals surface area contributed by atoms with Gasteiger partial charge in [0.25, 0.3) is 5.56 Å². The second-order valence-corrected chi connectivity index (χ2v) is 8.99. The molecule has 0 fully saturated rings. The van der Waals surface area contributed by atoms with Gasteiger partial charge in [-0.25, -0.2) is 0 Å². The highest BCUT2D eigenvalue weighted by atomic mass is 16.2. The Morgan fingerprint density at radius 2 is 1.88 bits per heavy atom. The lowest BCUT2D eigenvalue weighted by molar-refractivity contribution is -0.126. The van der Waals surface area contributed by atoms with Crippen molar-refractivity contribution in [3.63, 3.8) is 0 Å². The number of ketones is 1. The van der Waals surface area contributed by atoms with Gasteiger partial charge in [0.15, 0.2) is 0 Å². The molecule has 7 heteroatoms. The number of carbonyl (C=O) groups excluding carboxylic acids is 2. The Bertz CT molecular complexity index is 1170. The number of nitrogens with zero attached hydrogens (tertiary/aromatic N) is 2. The zero-order valence-corrected chi connectivity index (χ0v) is 19.9. The molecule has 2 aromatic heterocycles. The Kier molecular flexibility index (Phi) is 7.63. The van der Waals surface area contributed by atoms with Crippen molar-refractivity contribution in [3.8, 4) is 11.1 Å². The van der Waals surface area contributed by atoms with E-state index in [-0.39, 0.29) is 29.6 Å². The predicted octanol–water partition coefficient (Wildman–Crippen LogP) is 4.28. The molecule has 0 saturated carbocycles. The van der Waals surface area contributed by atoms with Crippen molar-refractivity contribution in [2.75, 3.05) is 0 Å². The third-order valence-corrected chi connectivity index (χ3v) is 5.70. The van der Waals surface area contributed by atoms with Gasteiger partial charge in [0.05, 0.1) is 11.7 Å². The predicted molar refractivity (Wildman–Crippen MR) is 129 cm³/mol. The van der Waals surface area contributed by atoms with Crippen LogP contribution in [0.4, 0.5) is 0 Å². The van der Waals surface area contributed by atoms with Gasteiger partial charge in [0.1, 0.15) is 11.8 Å². The summed E-state index contributed by atoms with van der Waals surface area (Å²) in [4.78, 5) is 37.9. The summed E-state index contributed by atoms with van der Waals surface area (Å²) in [6.07, 6.45) is 2.31. The second-order valence-electron chi connectivity index (χ2n) is 8.99. The number of hydrogen-bond donors (Lipinski definition) is 2. The summed E-state index contributed by atoms with van der Waals surface area (Å²) in [5, 5.41) is 10.3. The number of carbonyl (C=O) groups is 2. The molecule has 2 heterocycles. The SMILES string of the molecule is CC(=O)C[C@H](NC(=O)[C@H](CC(C)C)n1ccccc1=O)c1cccc(-c2c(C)n[nH]c2C)c1. The fraction of sp³-hybridized carbons (Fsp3) is 0.385. The number of amides is 1. The first-order valence-corrected chi connectivity index (χ1v) is 11.3. The molecule has 0 radical (unpaired) electrons. The van der Waals surface area contributed by atoms with Gasteiger partial charge in [-0.1, -0.05) is 38.1 Å². The molecule has 3 rings (SSSR count). The Balaban J connectivity index is 1.96. The molecule has 33 heavy (non-hydrogen) atoms. The molecule has 0 aliphatic rings. The molecule has 2 N–H and O–H groups in total. The first-order chi connectivity index (χ1) is 15.7. The maximum absolute atomic E-state index is 13.4. The Morgan fingerprint density at radius 1 is 1.12 bits per heavy atom. The summed E-state index contributed by atoms with van der Waals surface area (Å²) in [7, 11) is 0. The van der Waals surface area contributed by atoms with Crippen molar-refractivity contribution in [2.24, 2.45) is 5.92 Å². The normalized spacial score (nSPS) is 13.0. The second kappa shape index (κ2) is 10.4. The summed E-state index contributed by atoms with van der Waals surface area (Å²) < 4.78 is 1.47. The van der Waals surface area contributed by atoms with E-state index in [0.717, 1.165) is 28.1 Å². The van der Waals surface area contributed by atoms with E-state index >= 15 is 0 Å². The minimum atomic E-state index is -0.658. The van der Waals surface area contributed by atoms with Crippen LogP contribution >= 0.6 is 0 Å². The molecule has 0 bridgehead atoms. The molecule has 0 unspecified atom stereocenters. The highest BCUT2D eigenvalue weighted by molar-refractivity contribution is 5.83. The number of rotatable bonds is 9. The lowest BCUT2D eigenvalue weighted by atomic mass is 9.95. The van der Waals surface area contributed by atoms with Crippen LogP contribution in [0.25, 0.3) is 11.1 Å². The van der Waals surface area contributed by atoms with Gasteiger partial charge in [0, 0.05) is 29.9 Å². The van der Waals surface area contributed by atoms with E-state index in [1.165, 1.54) is 17.6 Å². The minimum absolute atomic E-state index is 0.0290. The van der Waals surface area contributed by atoms with Crippen LogP contribution in [0, 0.1) is 19.8 Å². The van der Waals surface area contributed by atoms with E-state index in [1.807, 2.05) is 52.0 Å². The van der Waals surface area contributed by atoms with E-state index in [4.69, 9.17) is 0 Å². The number of nitrogens with one attached hydrogen (secondary N) is 2. The smallest absolute Gasteiger partial charge is 0.251 e. The van der Waals surface area contributed by atoms with E-state index in [0.29, 0.717) is 6.42 Å². The van der Waals surface area contributed by atoms with Crippen LogP contribution in [0.3, 0.4) is 0 Å². The van der Waals surface area contributed by atoms with Gasteiger partial charge in [-0.15, -0.1) is 0 Å². The highest BCUT2D eigenvalue weighted by Gasteiger charge is 2.26. The van der Waals surface area contributed by atoms with Crippen LogP contribution in [0.15, 0.2) is 53.5 Å². The van der Waals surface area contributed by atoms with Crippen LogP contribution in [0.5, 0.6) is 0 Å². The fourth-order valence-electron chi connectivity index (χ4n) is 4.19. The highest BCUT2D eigenvalue weighted by Crippen LogP contribution is 2.29. The first kappa shape index (κ1) is 24.2. The maximum Gasteiger partial charge on any atom is 0.251 e. The zero-order valence-electron chi connectivity index (χ0n) is 19.9. The minimum Gasteiger partial charge on any atom is -0.347 e.